The average molecular weight is 505 g/mol. The van der Waals surface area contributed by atoms with Crippen LogP contribution in [0, 0.1) is 5.82 Å². The molecule has 0 fully saturated rings. The third kappa shape index (κ3) is 4.82. The summed E-state index contributed by atoms with van der Waals surface area (Å²) in [5, 5.41) is 3.66. The molecule has 33 heavy (non-hydrogen) atoms. The predicted octanol–water partition coefficient (Wildman–Crippen LogP) is 3.93. The van der Waals surface area contributed by atoms with E-state index >= 15 is 0 Å². The molecule has 176 valence electrons. The van der Waals surface area contributed by atoms with Crippen LogP contribution >= 0.6 is 11.6 Å². The number of anilines is 1. The molecule has 0 saturated carbocycles. The van der Waals surface area contributed by atoms with Crippen LogP contribution in [-0.4, -0.2) is 43.3 Å². The molecule has 0 saturated heterocycles. The van der Waals surface area contributed by atoms with Crippen molar-refractivity contribution in [3.63, 3.8) is 0 Å². The number of hydrogen-bond acceptors (Lipinski definition) is 7. The molecule has 0 spiro atoms. The lowest BCUT2D eigenvalue weighted by molar-refractivity contribution is 0.0435. The van der Waals surface area contributed by atoms with Gasteiger partial charge in [0.2, 0.25) is 12.0 Å². The first-order valence-electron chi connectivity index (χ1n) is 9.62. The third-order valence-corrected chi connectivity index (χ3v) is 7.16. The summed E-state index contributed by atoms with van der Waals surface area (Å²) in [6.45, 7) is 0.332. The van der Waals surface area contributed by atoms with Crippen molar-refractivity contribution in [2.75, 3.05) is 17.2 Å². The van der Waals surface area contributed by atoms with Crippen LogP contribution in [0.2, 0.25) is 5.02 Å². The van der Waals surface area contributed by atoms with Gasteiger partial charge in [0, 0.05) is 24.2 Å². The predicted molar refractivity (Wildman–Crippen MR) is 112 cm³/mol. The highest BCUT2D eigenvalue weighted by atomic mass is 35.5. The Kier molecular flexibility index (Phi) is 6.34. The molecule has 13 heteroatoms. The maximum atomic E-state index is 14.9. The third-order valence-electron chi connectivity index (χ3n) is 5.04. The molecule has 1 unspecified atom stereocenters. The molecule has 2 atom stereocenters. The first-order chi connectivity index (χ1) is 15.5. The van der Waals surface area contributed by atoms with Gasteiger partial charge in [0.05, 0.1) is 21.9 Å². The van der Waals surface area contributed by atoms with E-state index in [2.05, 4.69) is 10.1 Å². The maximum Gasteiger partial charge on any atom is 0.276 e. The van der Waals surface area contributed by atoms with Crippen molar-refractivity contribution in [3.8, 4) is 11.5 Å². The van der Waals surface area contributed by atoms with Crippen LogP contribution in [0.3, 0.4) is 0 Å². The second-order valence-electron chi connectivity index (χ2n) is 7.54. The largest absolute Gasteiger partial charge is 0.365 e. The number of halogens is 5. The van der Waals surface area contributed by atoms with E-state index < -0.39 is 51.8 Å². The number of fused-ring (bicyclic) bond motifs is 1. The van der Waals surface area contributed by atoms with Crippen LogP contribution in [-0.2, 0) is 16.4 Å². The number of sulfone groups is 1. The molecule has 4 rings (SSSR count). The van der Waals surface area contributed by atoms with Crippen LogP contribution in [0.5, 0.6) is 0 Å². The van der Waals surface area contributed by atoms with Crippen LogP contribution in [0.1, 0.15) is 17.6 Å². The van der Waals surface area contributed by atoms with Gasteiger partial charge in [0.15, 0.2) is 9.84 Å². The van der Waals surface area contributed by atoms with Gasteiger partial charge in [0.25, 0.3) is 12.3 Å². The van der Waals surface area contributed by atoms with Gasteiger partial charge in [-0.15, -0.1) is 0 Å². The van der Waals surface area contributed by atoms with E-state index in [0.29, 0.717) is 5.02 Å². The first-order valence-corrected chi connectivity index (χ1v) is 11.7. The molecule has 1 aliphatic heterocycles. The Morgan fingerprint density at radius 1 is 1.21 bits per heavy atom. The Hall–Kier alpha value is -2.70. The van der Waals surface area contributed by atoms with E-state index in [0.717, 1.165) is 17.7 Å². The van der Waals surface area contributed by atoms with Gasteiger partial charge in [-0.3, -0.25) is 0 Å². The zero-order chi connectivity index (χ0) is 23.9. The van der Waals surface area contributed by atoms with E-state index in [1.54, 1.807) is 29.2 Å². The molecule has 1 aromatic heterocycles. The van der Waals surface area contributed by atoms with Gasteiger partial charge in [-0.05, 0) is 29.8 Å². The highest BCUT2D eigenvalue weighted by Gasteiger charge is 2.33. The van der Waals surface area contributed by atoms with Crippen molar-refractivity contribution < 1.29 is 30.5 Å². The fourth-order valence-electron chi connectivity index (χ4n) is 3.54. The molecule has 0 bridgehead atoms. The van der Waals surface area contributed by atoms with E-state index in [-0.39, 0.29) is 29.2 Å². The Labute approximate surface area is 191 Å². The summed E-state index contributed by atoms with van der Waals surface area (Å²) in [6, 6.07) is 7.99. The second-order valence-corrected chi connectivity index (χ2v) is 9.98. The van der Waals surface area contributed by atoms with Crippen molar-refractivity contribution >= 4 is 27.1 Å². The maximum absolute atomic E-state index is 14.9. The average Bonchev–Trinajstić information content (AvgIpc) is 3.20. The van der Waals surface area contributed by atoms with Crippen LogP contribution in [0.4, 0.5) is 23.2 Å². The van der Waals surface area contributed by atoms with Crippen LogP contribution < -0.4 is 10.6 Å². The Balaban J connectivity index is 1.81. The number of hydrogen-bond donors (Lipinski definition) is 1. The molecule has 7 nitrogen and oxygen atoms in total. The van der Waals surface area contributed by atoms with Crippen molar-refractivity contribution in [2.24, 2.45) is 5.73 Å². The van der Waals surface area contributed by atoms with Crippen molar-refractivity contribution in [3.05, 3.63) is 58.6 Å². The van der Waals surface area contributed by atoms with Gasteiger partial charge in [-0.1, -0.05) is 28.9 Å². The molecule has 0 radical (unpaired) electrons. The molecule has 2 heterocycles. The van der Waals surface area contributed by atoms with Gasteiger partial charge in [0.1, 0.15) is 5.82 Å². The first kappa shape index (κ1) is 23.5. The minimum Gasteiger partial charge on any atom is -0.365 e. The van der Waals surface area contributed by atoms with E-state index in [9.17, 15) is 26.0 Å². The topological polar surface area (TPSA) is 102 Å². The number of rotatable bonds is 5. The van der Waals surface area contributed by atoms with E-state index in [4.69, 9.17) is 21.9 Å². The molecule has 2 aromatic carbocycles. The Morgan fingerprint density at radius 2 is 1.91 bits per heavy atom. The summed E-state index contributed by atoms with van der Waals surface area (Å²) in [5.74, 6) is -2.96. The van der Waals surface area contributed by atoms with Crippen molar-refractivity contribution in [1.82, 2.24) is 10.1 Å². The highest BCUT2D eigenvalue weighted by Crippen LogP contribution is 2.37. The number of alkyl halides is 3. The standard InChI is InChI=1S/C20H17ClF4N4O3S/c21-11-3-1-10(2-4-11)7-29-8-12(26)9-33(30,31)16-6-14(22)13(5-15(16)29)20-27-19(28-32-20)17(23)18(24)25/h1-6,12,17-18H,7-9,26H2/t12-,17?/m1/s1. The van der Waals surface area contributed by atoms with E-state index in [1.165, 1.54) is 0 Å². The fourth-order valence-corrected chi connectivity index (χ4v) is 5.30. The normalized spacial score (nSPS) is 18.8. The summed E-state index contributed by atoms with van der Waals surface area (Å²) in [5.41, 5.74) is 6.55. The summed E-state index contributed by atoms with van der Waals surface area (Å²) >= 11 is 5.92. The van der Waals surface area contributed by atoms with Crippen LogP contribution in [0.15, 0.2) is 45.8 Å². The monoisotopic (exact) mass is 504 g/mol. The Morgan fingerprint density at radius 3 is 2.58 bits per heavy atom. The van der Waals surface area contributed by atoms with E-state index in [1.807, 2.05) is 0 Å². The van der Waals surface area contributed by atoms with Crippen molar-refractivity contribution in [2.45, 2.75) is 30.1 Å². The molecule has 0 amide bonds. The number of nitrogens with two attached hydrogens (primary N) is 1. The van der Waals surface area contributed by atoms with Gasteiger partial charge in [-0.25, -0.2) is 26.0 Å². The minimum atomic E-state index is -3.95. The summed E-state index contributed by atoms with van der Waals surface area (Å²) < 4.78 is 84.2. The molecule has 0 aliphatic carbocycles. The number of benzene rings is 2. The van der Waals surface area contributed by atoms with Crippen molar-refractivity contribution in [1.29, 1.82) is 0 Å². The van der Waals surface area contributed by atoms with Gasteiger partial charge in [-0.2, -0.15) is 4.98 Å². The lowest BCUT2D eigenvalue weighted by atomic mass is 10.1. The number of nitrogens with zero attached hydrogens (tertiary/aromatic N) is 3. The summed E-state index contributed by atoms with van der Waals surface area (Å²) in [7, 11) is -3.95. The highest BCUT2D eigenvalue weighted by molar-refractivity contribution is 7.91. The molecule has 1 aliphatic rings. The molecule has 2 N–H and O–H groups in total. The smallest absolute Gasteiger partial charge is 0.276 e. The molecule has 3 aromatic rings. The second kappa shape index (κ2) is 8.92. The molecular weight excluding hydrogens is 488 g/mol. The fraction of sp³-hybridized carbons (Fsp3) is 0.300. The van der Waals surface area contributed by atoms with Gasteiger partial charge >= 0.3 is 0 Å². The SMILES string of the molecule is N[C@@H]1CN(Cc2ccc(Cl)cc2)c2cc(-c3nc(C(F)C(F)F)no3)c(F)cc2S(=O)(=O)C1. The summed E-state index contributed by atoms with van der Waals surface area (Å²) in [4.78, 5) is 4.88. The lowest BCUT2D eigenvalue weighted by Gasteiger charge is -2.26. The minimum absolute atomic E-state index is 0.111. The Bertz CT molecular complexity index is 1270. The van der Waals surface area contributed by atoms with Crippen LogP contribution in [0.25, 0.3) is 11.5 Å². The molecular formula is C20H17ClF4N4O3S. The summed E-state index contributed by atoms with van der Waals surface area (Å²) in [6.07, 6.45) is -6.21. The zero-order valence-corrected chi connectivity index (χ0v) is 18.3. The quantitative estimate of drug-likeness (QED) is 0.525. The number of aromatic nitrogens is 2. The zero-order valence-electron chi connectivity index (χ0n) is 16.8. The lowest BCUT2D eigenvalue weighted by Crippen LogP contribution is -2.39. The van der Waals surface area contributed by atoms with Gasteiger partial charge < -0.3 is 15.2 Å².